The van der Waals surface area contributed by atoms with Crippen LogP contribution in [0, 0.1) is 5.82 Å². The number of sulfonamides is 1. The van der Waals surface area contributed by atoms with Crippen molar-refractivity contribution in [2.75, 3.05) is 23.3 Å². The Bertz CT molecular complexity index is 551. The van der Waals surface area contributed by atoms with E-state index in [1.54, 1.807) is 0 Å². The SMILES string of the molecule is Nc1cc(F)c(OC(F)F)cc1NCCS(N)(=O)=O. The standard InChI is InChI=1S/C9H12F3N3O3S/c10-5-3-6(13)7(4-8(5)18-9(11)12)15-1-2-19(14,16)17/h3-4,9,15H,1-2,13H2,(H2,14,16,17). The zero-order valence-corrected chi connectivity index (χ0v) is 10.4. The van der Waals surface area contributed by atoms with Crippen molar-refractivity contribution >= 4 is 21.4 Å². The van der Waals surface area contributed by atoms with E-state index in [-0.39, 0.29) is 17.9 Å². The number of halogens is 3. The van der Waals surface area contributed by atoms with Crippen LogP contribution in [0.25, 0.3) is 0 Å². The summed E-state index contributed by atoms with van der Waals surface area (Å²) in [6.07, 6.45) is 0. The second-order valence-electron chi connectivity index (χ2n) is 3.54. The Morgan fingerprint density at radius 2 is 2.00 bits per heavy atom. The van der Waals surface area contributed by atoms with Crippen LogP contribution in [0.3, 0.4) is 0 Å². The van der Waals surface area contributed by atoms with E-state index in [4.69, 9.17) is 10.9 Å². The molecule has 0 fully saturated rings. The number of nitrogen functional groups attached to an aromatic ring is 1. The van der Waals surface area contributed by atoms with Crippen LogP contribution < -0.4 is 20.9 Å². The van der Waals surface area contributed by atoms with Gasteiger partial charge in [0.2, 0.25) is 10.0 Å². The molecular formula is C9H12F3N3O3S. The molecule has 0 amide bonds. The van der Waals surface area contributed by atoms with Gasteiger partial charge in [-0.05, 0) is 0 Å². The number of rotatable bonds is 6. The Labute approximate surface area is 107 Å². The van der Waals surface area contributed by atoms with Gasteiger partial charge < -0.3 is 15.8 Å². The maximum Gasteiger partial charge on any atom is 0.387 e. The normalized spacial score (nSPS) is 11.6. The molecule has 0 aliphatic rings. The lowest BCUT2D eigenvalue weighted by Gasteiger charge is -2.12. The number of hydrogen-bond donors (Lipinski definition) is 3. The Balaban J connectivity index is 2.83. The first-order valence-corrected chi connectivity index (χ1v) is 6.69. The molecule has 108 valence electrons. The van der Waals surface area contributed by atoms with Gasteiger partial charge in [0.25, 0.3) is 0 Å². The average molecular weight is 299 g/mol. The Hall–Kier alpha value is -1.68. The molecule has 10 heteroatoms. The molecule has 0 saturated carbocycles. The molecule has 0 aliphatic heterocycles. The van der Waals surface area contributed by atoms with E-state index in [0.717, 1.165) is 12.1 Å². The minimum Gasteiger partial charge on any atom is -0.432 e. The number of benzene rings is 1. The highest BCUT2D eigenvalue weighted by atomic mass is 32.2. The molecule has 0 aliphatic carbocycles. The molecule has 5 N–H and O–H groups in total. The van der Waals surface area contributed by atoms with Gasteiger partial charge >= 0.3 is 6.61 Å². The van der Waals surface area contributed by atoms with Gasteiger partial charge in [-0.15, -0.1) is 0 Å². The molecule has 0 spiro atoms. The lowest BCUT2D eigenvalue weighted by atomic mass is 10.2. The maximum absolute atomic E-state index is 13.2. The summed E-state index contributed by atoms with van der Waals surface area (Å²) in [6.45, 7) is -3.29. The van der Waals surface area contributed by atoms with Crippen LogP contribution in [-0.2, 0) is 10.0 Å². The first-order chi connectivity index (χ1) is 8.69. The molecule has 0 bridgehead atoms. The fourth-order valence-corrected chi connectivity index (χ4v) is 1.62. The molecule has 0 atom stereocenters. The van der Waals surface area contributed by atoms with E-state index in [2.05, 4.69) is 10.1 Å². The monoisotopic (exact) mass is 299 g/mol. The topological polar surface area (TPSA) is 107 Å². The van der Waals surface area contributed by atoms with Crippen LogP contribution >= 0.6 is 0 Å². The van der Waals surface area contributed by atoms with E-state index in [1.807, 2.05) is 0 Å². The molecule has 19 heavy (non-hydrogen) atoms. The van der Waals surface area contributed by atoms with Crippen molar-refractivity contribution in [3.8, 4) is 5.75 Å². The van der Waals surface area contributed by atoms with Crippen molar-refractivity contribution in [3.63, 3.8) is 0 Å². The minimum absolute atomic E-state index is 0.0701. The minimum atomic E-state index is -3.67. The maximum atomic E-state index is 13.2. The number of ether oxygens (including phenoxy) is 1. The van der Waals surface area contributed by atoms with Gasteiger partial charge in [0, 0.05) is 18.7 Å². The van der Waals surface area contributed by atoms with Crippen LogP contribution in [0.2, 0.25) is 0 Å². The van der Waals surface area contributed by atoms with Crippen LogP contribution in [-0.4, -0.2) is 27.3 Å². The first-order valence-electron chi connectivity index (χ1n) is 4.97. The van der Waals surface area contributed by atoms with Gasteiger partial charge in [-0.3, -0.25) is 0 Å². The quantitative estimate of drug-likeness (QED) is 0.671. The van der Waals surface area contributed by atoms with Gasteiger partial charge in [-0.2, -0.15) is 8.78 Å². The van der Waals surface area contributed by atoms with E-state index in [9.17, 15) is 21.6 Å². The molecule has 6 nitrogen and oxygen atoms in total. The molecule has 1 rings (SSSR count). The Morgan fingerprint density at radius 3 is 2.53 bits per heavy atom. The summed E-state index contributed by atoms with van der Waals surface area (Å²) in [5.74, 6) is -2.13. The predicted octanol–water partition coefficient (Wildman–Crippen LogP) is 0.710. The van der Waals surface area contributed by atoms with Crippen molar-refractivity contribution in [3.05, 3.63) is 17.9 Å². The highest BCUT2D eigenvalue weighted by Crippen LogP contribution is 2.29. The first kappa shape index (κ1) is 15.4. The van der Waals surface area contributed by atoms with Gasteiger partial charge in [0.05, 0.1) is 17.1 Å². The number of alkyl halides is 2. The lowest BCUT2D eigenvalue weighted by molar-refractivity contribution is -0.0521. The largest absolute Gasteiger partial charge is 0.432 e. The number of nitrogens with two attached hydrogens (primary N) is 2. The van der Waals surface area contributed by atoms with E-state index in [0.29, 0.717) is 0 Å². The predicted molar refractivity (Wildman–Crippen MR) is 63.9 cm³/mol. The van der Waals surface area contributed by atoms with Crippen LogP contribution in [0.1, 0.15) is 0 Å². The van der Waals surface area contributed by atoms with Gasteiger partial charge in [-0.25, -0.2) is 17.9 Å². The zero-order valence-electron chi connectivity index (χ0n) is 9.57. The molecule has 0 radical (unpaired) electrons. The molecule has 0 saturated heterocycles. The number of hydrogen-bond acceptors (Lipinski definition) is 5. The van der Waals surface area contributed by atoms with E-state index < -0.39 is 34.0 Å². The van der Waals surface area contributed by atoms with Crippen molar-refractivity contribution < 1.29 is 26.3 Å². The molecular weight excluding hydrogens is 287 g/mol. The summed E-state index contributed by atoms with van der Waals surface area (Å²) in [5.41, 5.74) is 5.44. The highest BCUT2D eigenvalue weighted by molar-refractivity contribution is 7.89. The highest BCUT2D eigenvalue weighted by Gasteiger charge is 2.13. The third kappa shape index (κ3) is 5.22. The van der Waals surface area contributed by atoms with Crippen molar-refractivity contribution in [2.24, 2.45) is 5.14 Å². The number of primary sulfonamides is 1. The third-order valence-electron chi connectivity index (χ3n) is 2.02. The number of anilines is 2. The van der Waals surface area contributed by atoms with E-state index >= 15 is 0 Å². The van der Waals surface area contributed by atoms with Gasteiger partial charge in [0.1, 0.15) is 0 Å². The third-order valence-corrected chi connectivity index (χ3v) is 2.80. The van der Waals surface area contributed by atoms with Crippen molar-refractivity contribution in [1.29, 1.82) is 0 Å². The molecule has 0 unspecified atom stereocenters. The molecule has 1 aromatic carbocycles. The van der Waals surface area contributed by atoms with Gasteiger partial charge in [0.15, 0.2) is 11.6 Å². The fourth-order valence-electron chi connectivity index (χ4n) is 1.24. The average Bonchev–Trinajstić information content (AvgIpc) is 2.22. The fraction of sp³-hybridized carbons (Fsp3) is 0.333. The summed E-state index contributed by atoms with van der Waals surface area (Å²) in [4.78, 5) is 0. The smallest absolute Gasteiger partial charge is 0.387 e. The molecule has 1 aromatic rings. The second-order valence-corrected chi connectivity index (χ2v) is 5.28. The lowest BCUT2D eigenvalue weighted by Crippen LogP contribution is -2.22. The summed E-state index contributed by atoms with van der Waals surface area (Å²) in [7, 11) is -3.67. The zero-order chi connectivity index (χ0) is 14.6. The van der Waals surface area contributed by atoms with Crippen LogP contribution in [0.4, 0.5) is 24.5 Å². The van der Waals surface area contributed by atoms with Crippen molar-refractivity contribution in [2.45, 2.75) is 6.61 Å². The van der Waals surface area contributed by atoms with Crippen LogP contribution in [0.15, 0.2) is 12.1 Å². The summed E-state index contributed by atoms with van der Waals surface area (Å²) in [6, 6.07) is 1.71. The second kappa shape index (κ2) is 5.97. The van der Waals surface area contributed by atoms with E-state index in [1.165, 1.54) is 0 Å². The number of nitrogens with one attached hydrogen (secondary N) is 1. The Morgan fingerprint density at radius 1 is 1.37 bits per heavy atom. The van der Waals surface area contributed by atoms with Crippen LogP contribution in [0.5, 0.6) is 5.75 Å². The summed E-state index contributed by atoms with van der Waals surface area (Å²) in [5, 5.41) is 7.31. The molecule has 0 heterocycles. The Kier molecular flexibility index (Phi) is 4.84. The molecule has 0 aromatic heterocycles. The summed E-state index contributed by atoms with van der Waals surface area (Å²) < 4.78 is 62.6. The summed E-state index contributed by atoms with van der Waals surface area (Å²) >= 11 is 0. The van der Waals surface area contributed by atoms with Gasteiger partial charge in [-0.1, -0.05) is 0 Å². The van der Waals surface area contributed by atoms with Crippen molar-refractivity contribution in [1.82, 2.24) is 0 Å².